The van der Waals surface area contributed by atoms with Gasteiger partial charge in [-0.1, -0.05) is 45.0 Å². The minimum atomic E-state index is -0.597. The first-order valence-corrected chi connectivity index (χ1v) is 11.2. The Morgan fingerprint density at radius 1 is 1.24 bits per heavy atom. The highest BCUT2D eigenvalue weighted by Gasteiger charge is 2.28. The quantitative estimate of drug-likeness (QED) is 0.315. The predicted octanol–water partition coefficient (Wildman–Crippen LogP) is 3.23. The number of hydrogen-bond acceptors (Lipinski definition) is 9. The van der Waals surface area contributed by atoms with Crippen molar-refractivity contribution in [1.29, 1.82) is 0 Å². The van der Waals surface area contributed by atoms with Gasteiger partial charge in [-0.2, -0.15) is 9.97 Å². The Hall–Kier alpha value is -3.27. The van der Waals surface area contributed by atoms with Crippen LogP contribution < -0.4 is 16.0 Å². The van der Waals surface area contributed by atoms with E-state index >= 15 is 0 Å². The van der Waals surface area contributed by atoms with E-state index in [1.54, 1.807) is 4.90 Å². The second-order valence-corrected chi connectivity index (χ2v) is 9.63. The van der Waals surface area contributed by atoms with E-state index < -0.39 is 10.6 Å². The highest BCUT2D eigenvalue weighted by molar-refractivity contribution is 5.73. The molecule has 10 heteroatoms. The summed E-state index contributed by atoms with van der Waals surface area (Å²) in [4.78, 5) is 35.1. The van der Waals surface area contributed by atoms with Gasteiger partial charge in [0.25, 0.3) is 0 Å². The third kappa shape index (κ3) is 6.85. The summed E-state index contributed by atoms with van der Waals surface area (Å²) >= 11 is 0. The van der Waals surface area contributed by atoms with Gasteiger partial charge in [0.2, 0.25) is 17.6 Å². The molecule has 0 spiro atoms. The molecule has 33 heavy (non-hydrogen) atoms. The van der Waals surface area contributed by atoms with Crippen LogP contribution in [0.1, 0.15) is 44.7 Å². The lowest BCUT2D eigenvalue weighted by atomic mass is 9.97. The Balaban J connectivity index is 1.90. The van der Waals surface area contributed by atoms with Crippen LogP contribution in [0.15, 0.2) is 24.3 Å². The molecule has 3 rings (SSSR count). The minimum absolute atomic E-state index is 0.0287. The summed E-state index contributed by atoms with van der Waals surface area (Å²) in [5, 5.41) is 14.9. The molecule has 2 heterocycles. The fourth-order valence-corrected chi connectivity index (χ4v) is 3.84. The zero-order valence-electron chi connectivity index (χ0n) is 19.6. The van der Waals surface area contributed by atoms with E-state index in [0.29, 0.717) is 12.8 Å². The molecule has 0 saturated carbocycles. The second kappa shape index (κ2) is 10.6. The fraction of sp³-hybridized carbons (Fsp3) is 0.522. The summed E-state index contributed by atoms with van der Waals surface area (Å²) in [6.45, 7) is 9.96. The van der Waals surface area contributed by atoms with E-state index in [9.17, 15) is 14.9 Å². The standard InChI is InChI=1S/C23H33N7O3/c1-23(2,3)16-25-22-26-20(24)19(30(32)33)21(27-22)29(11-12-31)15-18-8-6-7-17(13-18)14-28-9-4-5-10-28/h6-8,12-13H,4-5,9-11,14-16H2,1-3H3,(H3,24,25,26,27). The van der Waals surface area contributed by atoms with Gasteiger partial charge >= 0.3 is 5.69 Å². The van der Waals surface area contributed by atoms with E-state index in [1.165, 1.54) is 18.4 Å². The van der Waals surface area contributed by atoms with Crippen molar-refractivity contribution >= 4 is 29.6 Å². The molecule has 0 atom stereocenters. The number of aldehydes is 1. The van der Waals surface area contributed by atoms with Crippen molar-refractivity contribution in [3.63, 3.8) is 0 Å². The van der Waals surface area contributed by atoms with Gasteiger partial charge in [0.05, 0.1) is 11.5 Å². The molecule has 0 bridgehead atoms. The third-order valence-corrected chi connectivity index (χ3v) is 5.42. The lowest BCUT2D eigenvalue weighted by molar-refractivity contribution is -0.383. The second-order valence-electron chi connectivity index (χ2n) is 9.63. The Kier molecular flexibility index (Phi) is 7.80. The Morgan fingerprint density at radius 2 is 1.94 bits per heavy atom. The van der Waals surface area contributed by atoms with Crippen molar-refractivity contribution in [2.45, 2.75) is 46.7 Å². The zero-order valence-corrected chi connectivity index (χ0v) is 19.6. The van der Waals surface area contributed by atoms with E-state index in [-0.39, 0.29) is 36.1 Å². The molecule has 1 aromatic heterocycles. The number of anilines is 3. The first kappa shape index (κ1) is 24.4. The van der Waals surface area contributed by atoms with Crippen molar-refractivity contribution in [2.24, 2.45) is 5.41 Å². The van der Waals surface area contributed by atoms with Gasteiger partial charge in [-0.25, -0.2) is 0 Å². The number of nitrogens with zero attached hydrogens (tertiary/aromatic N) is 5. The van der Waals surface area contributed by atoms with Gasteiger partial charge in [-0.15, -0.1) is 0 Å². The smallest absolute Gasteiger partial charge is 0.353 e. The van der Waals surface area contributed by atoms with Crippen LogP contribution in [0.3, 0.4) is 0 Å². The van der Waals surface area contributed by atoms with Crippen molar-refractivity contribution in [1.82, 2.24) is 14.9 Å². The topological polar surface area (TPSA) is 131 Å². The van der Waals surface area contributed by atoms with Gasteiger partial charge in [0, 0.05) is 19.6 Å². The van der Waals surface area contributed by atoms with Crippen LogP contribution in [0.5, 0.6) is 0 Å². The molecule has 178 valence electrons. The summed E-state index contributed by atoms with van der Waals surface area (Å²) in [7, 11) is 0. The highest BCUT2D eigenvalue weighted by atomic mass is 16.6. The molecule has 0 amide bonds. The predicted molar refractivity (Wildman–Crippen MR) is 129 cm³/mol. The SMILES string of the molecule is CC(C)(C)CNc1nc(N)c([N+](=O)[O-])c(N(CC=O)Cc2cccc(CN3CCCC3)c2)n1. The number of nitrogens with one attached hydrogen (secondary N) is 1. The maximum absolute atomic E-state index is 11.8. The molecule has 1 saturated heterocycles. The number of carbonyl (C=O) groups excluding carboxylic acids is 1. The Morgan fingerprint density at radius 3 is 2.58 bits per heavy atom. The molecule has 1 aliphatic heterocycles. The number of nitrogens with two attached hydrogens (primary N) is 1. The van der Waals surface area contributed by atoms with Crippen molar-refractivity contribution in [3.05, 3.63) is 45.5 Å². The monoisotopic (exact) mass is 455 g/mol. The number of aromatic nitrogens is 2. The maximum Gasteiger partial charge on any atom is 0.353 e. The first-order chi connectivity index (χ1) is 15.7. The van der Waals surface area contributed by atoms with E-state index in [0.717, 1.165) is 25.2 Å². The lowest BCUT2D eigenvalue weighted by Crippen LogP contribution is -2.28. The largest absolute Gasteiger partial charge is 0.378 e. The number of benzene rings is 1. The van der Waals surface area contributed by atoms with Crippen LogP contribution >= 0.6 is 0 Å². The summed E-state index contributed by atoms with van der Waals surface area (Å²) < 4.78 is 0. The van der Waals surface area contributed by atoms with Gasteiger partial charge in [-0.3, -0.25) is 15.0 Å². The maximum atomic E-state index is 11.8. The number of likely N-dealkylation sites (tertiary alicyclic amines) is 1. The van der Waals surface area contributed by atoms with E-state index in [1.807, 2.05) is 32.9 Å². The molecular formula is C23H33N7O3. The molecule has 0 aliphatic carbocycles. The van der Waals surface area contributed by atoms with Gasteiger partial charge < -0.3 is 20.7 Å². The number of rotatable bonds is 10. The van der Waals surface area contributed by atoms with Crippen molar-refractivity contribution in [2.75, 3.05) is 42.1 Å². The van der Waals surface area contributed by atoms with Crippen LogP contribution in [0, 0.1) is 15.5 Å². The summed E-state index contributed by atoms with van der Waals surface area (Å²) in [5.74, 6) is -0.0113. The number of nitro groups is 1. The molecule has 1 fully saturated rings. The molecule has 10 nitrogen and oxygen atoms in total. The summed E-state index contributed by atoms with van der Waals surface area (Å²) in [6, 6.07) is 8.07. The zero-order chi connectivity index (χ0) is 24.0. The molecule has 3 N–H and O–H groups in total. The molecule has 0 radical (unpaired) electrons. The van der Waals surface area contributed by atoms with Crippen LogP contribution in [-0.2, 0) is 17.9 Å². The normalized spacial score (nSPS) is 14.3. The molecule has 1 aromatic carbocycles. The van der Waals surface area contributed by atoms with Crippen LogP contribution in [0.2, 0.25) is 0 Å². The Labute approximate surface area is 194 Å². The molecular weight excluding hydrogens is 422 g/mol. The number of hydrogen-bond donors (Lipinski definition) is 2. The Bertz CT molecular complexity index is 985. The van der Waals surface area contributed by atoms with Gasteiger partial charge in [-0.05, 0) is 42.5 Å². The fourth-order valence-electron chi connectivity index (χ4n) is 3.84. The number of nitrogen functional groups attached to an aromatic ring is 1. The van der Waals surface area contributed by atoms with E-state index in [4.69, 9.17) is 5.73 Å². The van der Waals surface area contributed by atoms with Gasteiger partial charge in [0.15, 0.2) is 0 Å². The summed E-state index contributed by atoms with van der Waals surface area (Å²) in [6.07, 6.45) is 3.15. The van der Waals surface area contributed by atoms with Crippen LogP contribution in [-0.4, -0.2) is 52.3 Å². The van der Waals surface area contributed by atoms with E-state index in [2.05, 4.69) is 32.3 Å². The van der Waals surface area contributed by atoms with Gasteiger partial charge in [0.1, 0.15) is 6.29 Å². The third-order valence-electron chi connectivity index (χ3n) is 5.42. The van der Waals surface area contributed by atoms with Crippen molar-refractivity contribution < 1.29 is 9.72 Å². The minimum Gasteiger partial charge on any atom is -0.378 e. The van der Waals surface area contributed by atoms with Crippen LogP contribution in [0.25, 0.3) is 0 Å². The molecule has 2 aromatic rings. The molecule has 1 aliphatic rings. The highest BCUT2D eigenvalue weighted by Crippen LogP contribution is 2.33. The lowest BCUT2D eigenvalue weighted by Gasteiger charge is -2.23. The van der Waals surface area contributed by atoms with Crippen molar-refractivity contribution in [3.8, 4) is 0 Å². The average Bonchev–Trinajstić information content (AvgIpc) is 3.24. The number of carbonyl (C=O) groups is 1. The molecule has 0 unspecified atom stereocenters. The first-order valence-electron chi connectivity index (χ1n) is 11.2. The summed E-state index contributed by atoms with van der Waals surface area (Å²) in [5.41, 5.74) is 7.60. The average molecular weight is 456 g/mol. The van der Waals surface area contributed by atoms with Crippen LogP contribution in [0.4, 0.5) is 23.3 Å².